The molecule has 1 amide bonds. The smallest absolute Gasteiger partial charge is 0.337 e. The second kappa shape index (κ2) is 8.22. The van der Waals surface area contributed by atoms with Gasteiger partial charge in [0, 0.05) is 5.69 Å². The van der Waals surface area contributed by atoms with Gasteiger partial charge in [0.2, 0.25) is 10.0 Å². The molecule has 1 atom stereocenters. The topological polar surface area (TPSA) is 102 Å². The highest BCUT2D eigenvalue weighted by atomic mass is 32.2. The number of hydrogen-bond acceptors (Lipinski definition) is 6. The summed E-state index contributed by atoms with van der Waals surface area (Å²) >= 11 is 0. The minimum atomic E-state index is -3.64. The number of nitrogens with one attached hydrogen (secondary N) is 1. The van der Waals surface area contributed by atoms with Crippen molar-refractivity contribution in [2.75, 3.05) is 29.5 Å². The number of carbonyl (C=O) groups is 2. The molecule has 0 radical (unpaired) electrons. The molecule has 9 heteroatoms. The molecule has 0 aromatic heterocycles. The normalized spacial score (nSPS) is 16.2. The molecule has 1 heterocycles. The summed E-state index contributed by atoms with van der Waals surface area (Å²) in [5, 5.41) is 2.70. The summed E-state index contributed by atoms with van der Waals surface area (Å²) in [5.41, 5.74) is 1.99. The van der Waals surface area contributed by atoms with E-state index in [1.165, 1.54) is 23.5 Å². The van der Waals surface area contributed by atoms with Gasteiger partial charge in [-0.2, -0.15) is 0 Å². The maximum atomic E-state index is 12.8. The zero-order chi connectivity index (χ0) is 23.0. The van der Waals surface area contributed by atoms with Crippen molar-refractivity contribution in [1.82, 2.24) is 0 Å². The molecule has 0 spiro atoms. The third kappa shape index (κ3) is 4.99. The Labute approximate surface area is 182 Å². The average Bonchev–Trinajstić information content (AvgIpc) is 2.71. The fourth-order valence-corrected chi connectivity index (χ4v) is 4.10. The second-order valence-corrected chi connectivity index (χ2v) is 10.3. The minimum absolute atomic E-state index is 0.147. The molecule has 0 fully saturated rings. The number of nitrogens with zero attached hydrogens (tertiary/aromatic N) is 1. The molecule has 8 nitrogen and oxygen atoms in total. The fraction of sp³-hybridized carbons (Fsp3) is 0.364. The Morgan fingerprint density at radius 1 is 1.13 bits per heavy atom. The summed E-state index contributed by atoms with van der Waals surface area (Å²) in [5.74, 6) is -0.653. The van der Waals surface area contributed by atoms with Crippen molar-refractivity contribution in [3.05, 3.63) is 53.6 Å². The second-order valence-electron chi connectivity index (χ2n) is 8.39. The summed E-state index contributed by atoms with van der Waals surface area (Å²) in [6.07, 6.45) is 0.0646. The van der Waals surface area contributed by atoms with E-state index in [4.69, 9.17) is 4.74 Å². The van der Waals surface area contributed by atoms with E-state index in [1.807, 2.05) is 26.8 Å². The number of esters is 1. The first-order valence-electron chi connectivity index (χ1n) is 9.68. The predicted octanol–water partition coefficient (Wildman–Crippen LogP) is 2.94. The van der Waals surface area contributed by atoms with E-state index >= 15 is 0 Å². The number of rotatable bonds is 4. The number of benzene rings is 2. The zero-order valence-corrected chi connectivity index (χ0v) is 18.9. The van der Waals surface area contributed by atoms with Crippen LogP contribution in [0, 0.1) is 0 Å². The lowest BCUT2D eigenvalue weighted by atomic mass is 9.86. The van der Waals surface area contributed by atoms with E-state index in [0.29, 0.717) is 22.7 Å². The lowest BCUT2D eigenvalue weighted by molar-refractivity contribution is -0.122. The number of anilines is 2. The summed E-state index contributed by atoms with van der Waals surface area (Å²) in [4.78, 5) is 24.3. The van der Waals surface area contributed by atoms with Gasteiger partial charge in [-0.15, -0.1) is 0 Å². The first-order chi connectivity index (χ1) is 14.4. The van der Waals surface area contributed by atoms with Crippen molar-refractivity contribution >= 4 is 33.3 Å². The minimum Gasteiger partial charge on any atom is -0.476 e. The van der Waals surface area contributed by atoms with Crippen LogP contribution < -0.4 is 14.4 Å². The first kappa shape index (κ1) is 22.6. The van der Waals surface area contributed by atoms with Gasteiger partial charge in [0.15, 0.2) is 6.10 Å². The van der Waals surface area contributed by atoms with Crippen molar-refractivity contribution in [2.24, 2.45) is 0 Å². The van der Waals surface area contributed by atoms with Crippen LogP contribution in [0.3, 0.4) is 0 Å². The van der Waals surface area contributed by atoms with Crippen LogP contribution in [-0.2, 0) is 25.0 Å². The molecule has 1 aliphatic heterocycles. The van der Waals surface area contributed by atoms with E-state index in [-0.39, 0.29) is 12.0 Å². The van der Waals surface area contributed by atoms with Gasteiger partial charge < -0.3 is 14.8 Å². The third-order valence-electron chi connectivity index (χ3n) is 4.96. The molecule has 166 valence electrons. The molecule has 0 bridgehead atoms. The number of hydrogen-bond donors (Lipinski definition) is 1. The Bertz CT molecular complexity index is 1100. The fourth-order valence-electron chi connectivity index (χ4n) is 3.20. The Morgan fingerprint density at radius 3 is 2.32 bits per heavy atom. The quantitative estimate of drug-likeness (QED) is 0.725. The van der Waals surface area contributed by atoms with E-state index < -0.39 is 28.0 Å². The summed E-state index contributed by atoms with van der Waals surface area (Å²) in [6, 6.07) is 11.5. The van der Waals surface area contributed by atoms with Gasteiger partial charge in [-0.3, -0.25) is 9.10 Å². The lowest BCUT2D eigenvalue weighted by Crippen LogP contribution is -2.48. The standard InChI is InChI=1S/C22H26N2O6S/c1-22(2,3)15-8-11-18-17(12-15)24(31(5,27)28)13-19(30-18)20(25)23-16-9-6-14(7-10-16)21(26)29-4/h6-12,19H,13H2,1-5H3,(H,23,25). The van der Waals surface area contributed by atoms with Crippen LogP contribution in [0.15, 0.2) is 42.5 Å². The Hall–Kier alpha value is -3.07. The maximum absolute atomic E-state index is 12.8. The molecule has 31 heavy (non-hydrogen) atoms. The van der Waals surface area contributed by atoms with E-state index in [2.05, 4.69) is 10.1 Å². The maximum Gasteiger partial charge on any atom is 0.337 e. The van der Waals surface area contributed by atoms with Crippen LogP contribution >= 0.6 is 0 Å². The third-order valence-corrected chi connectivity index (χ3v) is 6.11. The molecule has 2 aromatic carbocycles. The van der Waals surface area contributed by atoms with Gasteiger partial charge in [-0.25, -0.2) is 13.2 Å². The van der Waals surface area contributed by atoms with Crippen molar-refractivity contribution in [1.29, 1.82) is 0 Å². The van der Waals surface area contributed by atoms with Gasteiger partial charge in [-0.05, 0) is 47.4 Å². The Kier molecular flexibility index (Phi) is 6.00. The van der Waals surface area contributed by atoms with Gasteiger partial charge in [0.05, 0.1) is 31.2 Å². The number of amides is 1. The summed E-state index contributed by atoms with van der Waals surface area (Å²) in [6.45, 7) is 5.95. The molecular weight excluding hydrogens is 420 g/mol. The van der Waals surface area contributed by atoms with E-state index in [1.54, 1.807) is 24.3 Å². The molecule has 0 saturated carbocycles. The number of ether oxygens (including phenoxy) is 2. The summed E-state index contributed by atoms with van der Waals surface area (Å²) in [7, 11) is -2.35. The lowest BCUT2D eigenvalue weighted by Gasteiger charge is -2.35. The molecular formula is C22H26N2O6S. The van der Waals surface area contributed by atoms with Crippen LogP contribution in [0.1, 0.15) is 36.7 Å². The SMILES string of the molecule is COC(=O)c1ccc(NC(=O)C2CN(S(C)(=O)=O)c3cc(C(C)(C)C)ccc3O2)cc1. The van der Waals surface area contributed by atoms with Crippen LogP contribution in [-0.4, -0.2) is 46.3 Å². The van der Waals surface area contributed by atoms with E-state index in [9.17, 15) is 18.0 Å². The number of fused-ring (bicyclic) bond motifs is 1. The highest BCUT2D eigenvalue weighted by molar-refractivity contribution is 7.92. The largest absolute Gasteiger partial charge is 0.476 e. The Balaban J connectivity index is 1.85. The molecule has 0 aliphatic carbocycles. The van der Waals surface area contributed by atoms with E-state index in [0.717, 1.165) is 11.8 Å². The van der Waals surface area contributed by atoms with Gasteiger partial charge >= 0.3 is 5.97 Å². The predicted molar refractivity (Wildman–Crippen MR) is 118 cm³/mol. The Morgan fingerprint density at radius 2 is 1.77 bits per heavy atom. The average molecular weight is 447 g/mol. The highest BCUT2D eigenvalue weighted by Crippen LogP contribution is 2.38. The first-order valence-corrected chi connectivity index (χ1v) is 11.5. The van der Waals surface area contributed by atoms with Crippen LogP contribution in [0.25, 0.3) is 0 Å². The molecule has 1 aliphatic rings. The zero-order valence-electron chi connectivity index (χ0n) is 18.1. The molecule has 1 unspecified atom stereocenters. The molecule has 1 N–H and O–H groups in total. The number of sulfonamides is 1. The van der Waals surface area contributed by atoms with Gasteiger partial charge in [0.25, 0.3) is 5.91 Å². The van der Waals surface area contributed by atoms with Gasteiger partial charge in [-0.1, -0.05) is 26.8 Å². The van der Waals surface area contributed by atoms with Crippen molar-refractivity contribution in [3.8, 4) is 5.75 Å². The molecule has 3 rings (SSSR count). The van der Waals surface area contributed by atoms with Crippen LogP contribution in [0.4, 0.5) is 11.4 Å². The van der Waals surface area contributed by atoms with Crippen molar-refractivity contribution in [3.63, 3.8) is 0 Å². The monoisotopic (exact) mass is 446 g/mol. The molecule has 2 aromatic rings. The highest BCUT2D eigenvalue weighted by Gasteiger charge is 2.36. The van der Waals surface area contributed by atoms with Crippen LogP contribution in [0.5, 0.6) is 5.75 Å². The van der Waals surface area contributed by atoms with Crippen molar-refractivity contribution in [2.45, 2.75) is 32.3 Å². The number of carbonyl (C=O) groups excluding carboxylic acids is 2. The molecule has 0 saturated heterocycles. The van der Waals surface area contributed by atoms with Crippen LogP contribution in [0.2, 0.25) is 0 Å². The van der Waals surface area contributed by atoms with Gasteiger partial charge in [0.1, 0.15) is 5.75 Å². The van der Waals surface area contributed by atoms with Crippen molar-refractivity contribution < 1.29 is 27.5 Å². The number of methoxy groups -OCH3 is 1. The summed E-state index contributed by atoms with van der Waals surface area (Å²) < 4.78 is 36.6.